The lowest BCUT2D eigenvalue weighted by Gasteiger charge is -2.40. The standard InChI is InChI=1S/C70H152N10O8Si8/c1-89(2,3)55(63(81)73-47-37-27-25-35-45-71)57(91(7,8)9)65(83)75-49-39-29-31-41-51-77-67(85)59(93(13,14)15)61(95(19,20)21)69(87)79-53-43-33-34-44-54-80-70(88)62(96(22,23)24)60(94(16,17)18)68(86)78-52-42-32-30-40-50-76-66(84)58(92(10,11)12)56(90(4,5)6)64(82)74-48-38-28-26-36-46-72/h55-62H,25-54,71-72H2,1-24H3,(H,73,81)(H,74,82)(H,75,83)(H,76,84)(H,77,85)(H,78,86)(H,79,87)(H,80,88). The van der Waals surface area contributed by atoms with Crippen LogP contribution < -0.4 is 54.0 Å². The van der Waals surface area contributed by atoms with Crippen LogP contribution in [0.15, 0.2) is 0 Å². The molecule has 8 amide bonds. The first kappa shape index (κ1) is 93.4. The van der Waals surface area contributed by atoms with Crippen LogP contribution in [0.1, 0.15) is 128 Å². The highest BCUT2D eigenvalue weighted by molar-refractivity contribution is 6.90. The van der Waals surface area contributed by atoms with Gasteiger partial charge in [-0.1, -0.05) is 221 Å². The predicted octanol–water partition coefficient (Wildman–Crippen LogP) is 13.3. The molecule has 26 heteroatoms. The molecule has 12 N–H and O–H groups in total. The molecule has 0 aromatic rings. The molecule has 0 saturated carbocycles. The lowest BCUT2D eigenvalue weighted by Crippen LogP contribution is -2.53. The molecule has 0 bridgehead atoms. The van der Waals surface area contributed by atoms with Crippen molar-refractivity contribution >= 4 is 112 Å². The molecular weight excluding hydrogens is 1330 g/mol. The van der Waals surface area contributed by atoms with E-state index < -0.39 is 64.6 Å². The average molecular weight is 1490 g/mol. The highest BCUT2D eigenvalue weighted by Gasteiger charge is 2.52. The third-order valence-electron chi connectivity index (χ3n) is 19.0. The van der Waals surface area contributed by atoms with Gasteiger partial charge in [-0.3, -0.25) is 38.4 Å². The van der Waals surface area contributed by atoms with Gasteiger partial charge in [0.25, 0.3) is 0 Å². The van der Waals surface area contributed by atoms with Crippen LogP contribution in [0.2, 0.25) is 201 Å². The number of carbonyl (C=O) groups is 8. The quantitative estimate of drug-likeness (QED) is 0.0203. The van der Waals surface area contributed by atoms with Crippen molar-refractivity contribution in [3.63, 3.8) is 0 Å². The summed E-state index contributed by atoms with van der Waals surface area (Å²) in [6.07, 6.45) is 18.2. The second kappa shape index (κ2) is 44.7. The van der Waals surface area contributed by atoms with Crippen molar-refractivity contribution in [2.24, 2.45) is 11.5 Å². The molecule has 8 unspecified atom stereocenters. The molecule has 0 aromatic carbocycles. The summed E-state index contributed by atoms with van der Waals surface area (Å²) < 4.78 is 0. The van der Waals surface area contributed by atoms with Gasteiger partial charge in [-0.05, 0) is 77.3 Å². The molecule has 0 heterocycles. The summed E-state index contributed by atoms with van der Waals surface area (Å²) in [6.45, 7) is 58.5. The van der Waals surface area contributed by atoms with E-state index in [2.05, 4.69) is 200 Å². The van der Waals surface area contributed by atoms with Crippen molar-refractivity contribution in [1.82, 2.24) is 42.5 Å². The van der Waals surface area contributed by atoms with Gasteiger partial charge in [-0.15, -0.1) is 0 Å². The molecule has 0 radical (unpaired) electrons. The van der Waals surface area contributed by atoms with E-state index in [1.165, 1.54) is 0 Å². The largest absolute Gasteiger partial charge is 0.356 e. The summed E-state index contributed by atoms with van der Waals surface area (Å²) in [6, 6.07) is 0. The zero-order valence-electron chi connectivity index (χ0n) is 66.3. The van der Waals surface area contributed by atoms with E-state index in [9.17, 15) is 38.4 Å². The fraction of sp³-hybridized carbons (Fsp3) is 0.886. The van der Waals surface area contributed by atoms with E-state index in [1.54, 1.807) is 0 Å². The maximum absolute atomic E-state index is 14.2. The Hall–Kier alpha value is -2.58. The Morgan fingerprint density at radius 2 is 0.281 bits per heavy atom. The van der Waals surface area contributed by atoms with Gasteiger partial charge in [-0.2, -0.15) is 0 Å². The maximum Gasteiger partial charge on any atom is 0.220 e. The Labute approximate surface area is 595 Å². The SMILES string of the molecule is C[Si](C)(C)C(C(=O)NCCCCCCN)C(C(=O)NCCCCCCNC(=O)C(C(C(=O)NCCCCCCNC(=O)C(C(C(=O)NCCCCCCNC(=O)C(C(C(=O)NCCCCCCN)[Si](C)(C)C)[Si](C)(C)C)[Si](C)(C)C)[Si](C)(C)C)[Si](C)(C)C)[Si](C)(C)C)[Si](C)(C)C. The van der Waals surface area contributed by atoms with Crippen LogP contribution in [-0.2, 0) is 38.4 Å². The Bertz CT molecular complexity index is 2160. The van der Waals surface area contributed by atoms with Gasteiger partial charge in [-0.25, -0.2) is 0 Å². The zero-order valence-corrected chi connectivity index (χ0v) is 74.3. The lowest BCUT2D eigenvalue weighted by molar-refractivity contribution is -0.126. The third kappa shape index (κ3) is 36.8. The molecule has 0 spiro atoms. The molecule has 0 rings (SSSR count). The highest BCUT2D eigenvalue weighted by atomic mass is 28.3. The van der Waals surface area contributed by atoms with E-state index in [0.29, 0.717) is 65.4 Å². The number of hydrogen-bond donors (Lipinski definition) is 10. The number of hydrogen-bond acceptors (Lipinski definition) is 10. The van der Waals surface area contributed by atoms with Gasteiger partial charge in [0.05, 0.1) is 64.6 Å². The van der Waals surface area contributed by atoms with E-state index in [1.807, 2.05) is 0 Å². The van der Waals surface area contributed by atoms with Gasteiger partial charge in [0.15, 0.2) is 0 Å². The molecule has 96 heavy (non-hydrogen) atoms. The Balaban J connectivity index is 5.35. The fourth-order valence-electron chi connectivity index (χ4n) is 14.0. The molecule has 0 aliphatic carbocycles. The molecule has 0 aliphatic heterocycles. The number of amides is 8. The van der Waals surface area contributed by atoms with Crippen LogP contribution >= 0.6 is 0 Å². The summed E-state index contributed by atoms with van der Waals surface area (Å²) in [5, 5.41) is 25.9. The second-order valence-corrected chi connectivity index (χ2v) is 79.6. The summed E-state index contributed by atoms with van der Waals surface area (Å²) >= 11 is 0. The predicted molar refractivity (Wildman–Crippen MR) is 431 cm³/mol. The van der Waals surface area contributed by atoms with Gasteiger partial charge in [0, 0.05) is 96.7 Å². The van der Waals surface area contributed by atoms with Crippen molar-refractivity contribution in [3.8, 4) is 0 Å². The number of nitrogens with one attached hydrogen (secondary N) is 8. The minimum Gasteiger partial charge on any atom is -0.356 e. The van der Waals surface area contributed by atoms with Crippen molar-refractivity contribution in [3.05, 3.63) is 0 Å². The van der Waals surface area contributed by atoms with E-state index in [0.717, 1.165) is 128 Å². The summed E-state index contributed by atoms with van der Waals surface area (Å²) in [4.78, 5) is 112. The maximum atomic E-state index is 14.2. The summed E-state index contributed by atoms with van der Waals surface area (Å²) in [7, 11) is -17.0. The van der Waals surface area contributed by atoms with Crippen molar-refractivity contribution in [2.75, 3.05) is 65.4 Å². The first-order valence-electron chi connectivity index (χ1n) is 37.7. The molecule has 562 valence electrons. The topological polar surface area (TPSA) is 285 Å². The van der Waals surface area contributed by atoms with Crippen LogP contribution in [0.3, 0.4) is 0 Å². The number of nitrogens with two attached hydrogens (primary N) is 2. The van der Waals surface area contributed by atoms with Gasteiger partial charge < -0.3 is 54.0 Å². The van der Waals surface area contributed by atoms with E-state index in [4.69, 9.17) is 11.5 Å². The normalized spacial score (nSPS) is 15.4. The van der Waals surface area contributed by atoms with Crippen molar-refractivity contribution < 1.29 is 38.4 Å². The molecule has 18 nitrogen and oxygen atoms in total. The smallest absolute Gasteiger partial charge is 0.220 e. The van der Waals surface area contributed by atoms with E-state index in [-0.39, 0.29) is 91.6 Å². The molecule has 0 aromatic heterocycles. The van der Waals surface area contributed by atoms with Crippen LogP contribution in [0, 0.1) is 0 Å². The Kier molecular flexibility index (Phi) is 43.5. The van der Waals surface area contributed by atoms with Gasteiger partial charge >= 0.3 is 0 Å². The number of unbranched alkanes of at least 4 members (excludes halogenated alkanes) is 15. The van der Waals surface area contributed by atoms with Gasteiger partial charge in [0.1, 0.15) is 0 Å². The number of carbonyl (C=O) groups excluding carboxylic acids is 8. The van der Waals surface area contributed by atoms with E-state index >= 15 is 0 Å². The molecular formula is C70H152N10O8Si8. The summed E-state index contributed by atoms with van der Waals surface area (Å²) in [5.74, 6) is -0.0119. The lowest BCUT2D eigenvalue weighted by atomic mass is 10.1. The van der Waals surface area contributed by atoms with Crippen LogP contribution in [0.4, 0.5) is 0 Å². The highest BCUT2D eigenvalue weighted by Crippen LogP contribution is 2.45. The molecule has 0 saturated heterocycles. The minimum absolute atomic E-state index is 0.00690. The molecule has 8 atom stereocenters. The Morgan fingerprint density at radius 3 is 0.365 bits per heavy atom. The zero-order chi connectivity index (χ0) is 74.1. The third-order valence-corrected chi connectivity index (χ3v) is 40.0. The monoisotopic (exact) mass is 1480 g/mol. The first-order valence-corrected chi connectivity index (χ1v) is 66.3. The minimum atomic E-state index is -2.18. The van der Waals surface area contributed by atoms with Crippen LogP contribution in [0.25, 0.3) is 0 Å². The molecule has 0 aliphatic rings. The fourth-order valence-corrected chi connectivity index (χ4v) is 42.3. The van der Waals surface area contributed by atoms with Crippen LogP contribution in [-0.4, -0.2) is 177 Å². The average Bonchev–Trinajstić information content (AvgIpc) is 0.821. The Morgan fingerprint density at radius 1 is 0.188 bits per heavy atom. The second-order valence-electron chi connectivity index (χ2n) is 36.7. The first-order chi connectivity index (χ1) is 44.1. The van der Waals surface area contributed by atoms with Crippen molar-refractivity contribution in [2.45, 2.75) is 330 Å². The number of rotatable bonds is 53. The van der Waals surface area contributed by atoms with Gasteiger partial charge in [0.2, 0.25) is 47.3 Å². The summed E-state index contributed by atoms with van der Waals surface area (Å²) in [5.41, 5.74) is 8.66. The van der Waals surface area contributed by atoms with Crippen molar-refractivity contribution in [1.29, 1.82) is 0 Å². The molecule has 0 fully saturated rings. The van der Waals surface area contributed by atoms with Crippen LogP contribution in [0.5, 0.6) is 0 Å².